The summed E-state index contributed by atoms with van der Waals surface area (Å²) >= 11 is 0. The third-order valence-electron chi connectivity index (χ3n) is 5.79. The summed E-state index contributed by atoms with van der Waals surface area (Å²) < 4.78 is 7.54. The second kappa shape index (κ2) is 9.83. The van der Waals surface area contributed by atoms with Crippen LogP contribution in [0.15, 0.2) is 12.7 Å². The van der Waals surface area contributed by atoms with E-state index in [0.29, 0.717) is 24.0 Å². The van der Waals surface area contributed by atoms with Crippen molar-refractivity contribution in [1.82, 2.24) is 24.8 Å². The average Bonchev–Trinajstić information content (AvgIpc) is 3.28. The Hall–Kier alpha value is -2.38. The fourth-order valence-corrected chi connectivity index (χ4v) is 3.78. The van der Waals surface area contributed by atoms with Gasteiger partial charge in [-0.15, -0.1) is 0 Å². The van der Waals surface area contributed by atoms with Crippen LogP contribution in [-0.4, -0.2) is 77.2 Å². The minimum absolute atomic E-state index is 0.150. The molecule has 0 aromatic carbocycles. The highest BCUT2D eigenvalue weighted by atomic mass is 16.6. The molecule has 1 saturated heterocycles. The number of aromatic nitrogens is 4. The Labute approximate surface area is 179 Å². The van der Waals surface area contributed by atoms with Gasteiger partial charge in [-0.2, -0.15) is 0 Å². The van der Waals surface area contributed by atoms with E-state index in [1.54, 1.807) is 0 Å². The second-order valence-electron chi connectivity index (χ2n) is 8.06. The SMILES string of the molecule is CCC(C)N[C@@H](CC[C@H](N)C(=O)O)C[C@H]1O[C@@H](n2cnc3c(N)ncnc32)[C@H](O)[C@@H]1O. The van der Waals surface area contributed by atoms with Crippen molar-refractivity contribution in [3.63, 3.8) is 0 Å². The number of carboxylic acids is 1. The van der Waals surface area contributed by atoms with Crippen LogP contribution in [0.4, 0.5) is 5.82 Å². The molecule has 0 spiro atoms. The standard InChI is InChI=1S/C19H31N7O5/c1-3-9(2)25-10(4-5-11(20)19(29)30)6-12-14(27)15(28)18(31-12)26-8-24-13-16(21)22-7-23-17(13)26/h7-12,14-15,18,25,27-28H,3-6,20H2,1-2H3,(H,29,30)(H2,21,22,23)/t9?,10-,11-,12+,14+,15+,18+/m0/s1. The number of hydrogen-bond acceptors (Lipinski definition) is 10. The van der Waals surface area contributed by atoms with Crippen LogP contribution in [0.3, 0.4) is 0 Å². The highest BCUT2D eigenvalue weighted by molar-refractivity contribution is 5.81. The first-order valence-electron chi connectivity index (χ1n) is 10.4. The zero-order chi connectivity index (χ0) is 22.7. The van der Waals surface area contributed by atoms with Gasteiger partial charge in [-0.25, -0.2) is 15.0 Å². The third-order valence-corrected chi connectivity index (χ3v) is 5.79. The number of carbonyl (C=O) groups is 1. The number of fused-ring (bicyclic) bond motifs is 1. The molecule has 1 aliphatic rings. The van der Waals surface area contributed by atoms with Gasteiger partial charge in [-0.1, -0.05) is 6.92 Å². The fourth-order valence-electron chi connectivity index (χ4n) is 3.78. The average molecular weight is 438 g/mol. The molecule has 8 N–H and O–H groups in total. The summed E-state index contributed by atoms with van der Waals surface area (Å²) in [4.78, 5) is 23.3. The van der Waals surface area contributed by atoms with Gasteiger partial charge in [0.05, 0.1) is 12.4 Å². The molecule has 1 fully saturated rings. The third kappa shape index (κ3) is 5.10. The maximum Gasteiger partial charge on any atom is 0.320 e. The molecule has 0 radical (unpaired) electrons. The summed E-state index contributed by atoms with van der Waals surface area (Å²) in [6, 6.07) is -0.928. The summed E-state index contributed by atoms with van der Waals surface area (Å²) in [5.41, 5.74) is 12.3. The van der Waals surface area contributed by atoms with Gasteiger partial charge in [0.25, 0.3) is 0 Å². The van der Waals surface area contributed by atoms with Crippen LogP contribution in [0, 0.1) is 0 Å². The Morgan fingerprint density at radius 1 is 1.29 bits per heavy atom. The summed E-state index contributed by atoms with van der Waals surface area (Å²) in [7, 11) is 0. The number of ether oxygens (including phenoxy) is 1. The lowest BCUT2D eigenvalue weighted by molar-refractivity contribution is -0.138. The molecule has 2 aromatic rings. The van der Waals surface area contributed by atoms with Gasteiger partial charge in [-0.3, -0.25) is 9.36 Å². The number of hydrogen-bond donors (Lipinski definition) is 6. The lowest BCUT2D eigenvalue weighted by Crippen LogP contribution is -2.42. The molecule has 3 rings (SSSR count). The first-order valence-corrected chi connectivity index (χ1v) is 10.4. The number of rotatable bonds is 10. The second-order valence-corrected chi connectivity index (χ2v) is 8.06. The van der Waals surface area contributed by atoms with Crippen LogP contribution in [0.2, 0.25) is 0 Å². The molecule has 2 aromatic heterocycles. The first kappa shape index (κ1) is 23.3. The molecule has 0 amide bonds. The quantitative estimate of drug-likeness (QED) is 0.277. The van der Waals surface area contributed by atoms with Crippen molar-refractivity contribution in [3.05, 3.63) is 12.7 Å². The van der Waals surface area contributed by atoms with Crippen molar-refractivity contribution >= 4 is 23.0 Å². The number of imidazole rings is 1. The Morgan fingerprint density at radius 3 is 2.71 bits per heavy atom. The smallest absolute Gasteiger partial charge is 0.320 e. The van der Waals surface area contributed by atoms with Gasteiger partial charge in [-0.05, 0) is 32.6 Å². The van der Waals surface area contributed by atoms with Crippen molar-refractivity contribution in [2.24, 2.45) is 5.73 Å². The number of nitrogens with two attached hydrogens (primary N) is 2. The number of aliphatic hydroxyl groups excluding tert-OH is 2. The molecule has 31 heavy (non-hydrogen) atoms. The predicted molar refractivity (Wildman–Crippen MR) is 112 cm³/mol. The fraction of sp³-hybridized carbons (Fsp3) is 0.684. The summed E-state index contributed by atoms with van der Waals surface area (Å²) in [6.45, 7) is 4.06. The number of aliphatic carboxylic acids is 1. The molecule has 1 aliphatic heterocycles. The van der Waals surface area contributed by atoms with Crippen molar-refractivity contribution in [2.45, 2.75) is 82.2 Å². The van der Waals surface area contributed by atoms with E-state index in [9.17, 15) is 15.0 Å². The number of aliphatic hydroxyl groups is 2. The number of anilines is 1. The summed E-state index contributed by atoms with van der Waals surface area (Å²) in [5, 5.41) is 33.8. The van der Waals surface area contributed by atoms with Crippen LogP contribution < -0.4 is 16.8 Å². The zero-order valence-electron chi connectivity index (χ0n) is 17.6. The first-order chi connectivity index (χ1) is 14.7. The Morgan fingerprint density at radius 2 is 2.03 bits per heavy atom. The van der Waals surface area contributed by atoms with E-state index >= 15 is 0 Å². The van der Waals surface area contributed by atoms with Gasteiger partial charge in [0.2, 0.25) is 0 Å². The molecule has 0 bridgehead atoms. The lowest BCUT2D eigenvalue weighted by Gasteiger charge is -2.27. The van der Waals surface area contributed by atoms with Gasteiger partial charge in [0.1, 0.15) is 30.1 Å². The topological polar surface area (TPSA) is 195 Å². The molecule has 3 heterocycles. The lowest BCUT2D eigenvalue weighted by atomic mass is 9.97. The molecule has 1 unspecified atom stereocenters. The Kier molecular flexibility index (Phi) is 7.38. The maximum absolute atomic E-state index is 11.1. The highest BCUT2D eigenvalue weighted by Gasteiger charge is 2.45. The van der Waals surface area contributed by atoms with E-state index in [1.807, 2.05) is 13.8 Å². The van der Waals surface area contributed by atoms with E-state index in [2.05, 4.69) is 20.3 Å². The monoisotopic (exact) mass is 437 g/mol. The zero-order valence-corrected chi connectivity index (χ0v) is 17.6. The Bertz CT molecular complexity index is 894. The van der Waals surface area contributed by atoms with E-state index in [4.69, 9.17) is 21.3 Å². The van der Waals surface area contributed by atoms with Crippen LogP contribution in [0.5, 0.6) is 0 Å². The molecule has 0 saturated carbocycles. The van der Waals surface area contributed by atoms with E-state index < -0.39 is 36.6 Å². The van der Waals surface area contributed by atoms with Crippen LogP contribution in [0.25, 0.3) is 11.2 Å². The van der Waals surface area contributed by atoms with Gasteiger partial charge < -0.3 is 36.8 Å². The number of nitrogens with one attached hydrogen (secondary N) is 1. The van der Waals surface area contributed by atoms with E-state index in [-0.39, 0.29) is 24.3 Å². The van der Waals surface area contributed by atoms with Gasteiger partial charge in [0, 0.05) is 12.1 Å². The van der Waals surface area contributed by atoms with Crippen molar-refractivity contribution in [3.8, 4) is 0 Å². The molecule has 12 nitrogen and oxygen atoms in total. The minimum Gasteiger partial charge on any atom is -0.480 e. The normalized spacial score (nSPS) is 26.7. The molecular formula is C19H31N7O5. The molecule has 172 valence electrons. The summed E-state index contributed by atoms with van der Waals surface area (Å²) in [6.07, 6.45) is 0.827. The molecule has 12 heteroatoms. The number of carboxylic acid groups (broad SMARTS) is 1. The number of nitrogen functional groups attached to an aromatic ring is 1. The number of nitrogens with zero attached hydrogens (tertiary/aromatic N) is 4. The maximum atomic E-state index is 11.1. The Balaban J connectivity index is 1.74. The van der Waals surface area contributed by atoms with Crippen molar-refractivity contribution in [2.75, 3.05) is 5.73 Å². The minimum atomic E-state index is -1.20. The van der Waals surface area contributed by atoms with E-state index in [0.717, 1.165) is 6.42 Å². The summed E-state index contributed by atoms with van der Waals surface area (Å²) in [5.74, 6) is -0.843. The van der Waals surface area contributed by atoms with Crippen molar-refractivity contribution < 1.29 is 24.9 Å². The van der Waals surface area contributed by atoms with Crippen LogP contribution >= 0.6 is 0 Å². The van der Waals surface area contributed by atoms with Gasteiger partial charge >= 0.3 is 5.97 Å². The predicted octanol–water partition coefficient (Wildman–Crippen LogP) is -0.633. The van der Waals surface area contributed by atoms with Crippen LogP contribution in [0.1, 0.15) is 45.8 Å². The van der Waals surface area contributed by atoms with Crippen molar-refractivity contribution in [1.29, 1.82) is 0 Å². The largest absolute Gasteiger partial charge is 0.480 e. The molecule has 7 atom stereocenters. The van der Waals surface area contributed by atoms with E-state index in [1.165, 1.54) is 17.2 Å². The van der Waals surface area contributed by atoms with Crippen LogP contribution in [-0.2, 0) is 9.53 Å². The molecule has 0 aliphatic carbocycles. The highest BCUT2D eigenvalue weighted by Crippen LogP contribution is 2.34. The molecular weight excluding hydrogens is 406 g/mol. The van der Waals surface area contributed by atoms with Gasteiger partial charge in [0.15, 0.2) is 17.7 Å².